The highest BCUT2D eigenvalue weighted by atomic mass is 16.5. The molecule has 0 unspecified atom stereocenters. The Morgan fingerprint density at radius 2 is 1.79 bits per heavy atom. The van der Waals surface area contributed by atoms with Crippen molar-refractivity contribution in [1.29, 1.82) is 0 Å². The number of hydrogen-bond acceptors (Lipinski definition) is 3. The molecule has 0 bridgehead atoms. The maximum absolute atomic E-state index is 12.3. The molecular weight excluding hydrogens is 302 g/mol. The minimum absolute atomic E-state index is 0.0907. The van der Waals surface area contributed by atoms with Gasteiger partial charge in [-0.15, -0.1) is 0 Å². The van der Waals surface area contributed by atoms with E-state index in [2.05, 4.69) is 19.2 Å². The minimum Gasteiger partial charge on any atom is -0.483 e. The van der Waals surface area contributed by atoms with Crippen molar-refractivity contribution in [3.05, 3.63) is 59.2 Å². The zero-order valence-electron chi connectivity index (χ0n) is 14.6. The maximum Gasteiger partial charge on any atom is 0.262 e. The maximum atomic E-state index is 12.3. The Morgan fingerprint density at radius 3 is 2.46 bits per heavy atom. The summed E-state index contributed by atoms with van der Waals surface area (Å²) in [6.07, 6.45) is 0. The van der Waals surface area contributed by atoms with E-state index in [-0.39, 0.29) is 18.3 Å². The van der Waals surface area contributed by atoms with Gasteiger partial charge in [-0.05, 0) is 43.0 Å². The second kappa shape index (κ2) is 7.77. The van der Waals surface area contributed by atoms with Crippen LogP contribution in [0.4, 0.5) is 5.69 Å². The van der Waals surface area contributed by atoms with Crippen molar-refractivity contribution < 1.29 is 14.3 Å². The molecule has 0 aromatic heterocycles. The van der Waals surface area contributed by atoms with Gasteiger partial charge in [0.15, 0.2) is 12.4 Å². The number of carbonyl (C=O) groups is 2. The van der Waals surface area contributed by atoms with E-state index >= 15 is 0 Å². The van der Waals surface area contributed by atoms with E-state index in [1.807, 2.05) is 25.1 Å². The highest BCUT2D eigenvalue weighted by molar-refractivity contribution is 5.97. The molecule has 0 fully saturated rings. The lowest BCUT2D eigenvalue weighted by atomic mass is 9.98. The molecule has 0 saturated heterocycles. The van der Waals surface area contributed by atoms with E-state index < -0.39 is 0 Å². The van der Waals surface area contributed by atoms with Crippen molar-refractivity contribution in [2.75, 3.05) is 11.9 Å². The molecule has 2 aromatic rings. The first kappa shape index (κ1) is 17.7. The number of rotatable bonds is 6. The minimum atomic E-state index is -0.246. The van der Waals surface area contributed by atoms with Gasteiger partial charge in [-0.1, -0.05) is 44.2 Å². The third-order valence-corrected chi connectivity index (χ3v) is 3.82. The first-order valence-electron chi connectivity index (χ1n) is 8.02. The molecule has 0 saturated carbocycles. The molecule has 0 radical (unpaired) electrons. The van der Waals surface area contributed by atoms with Crippen LogP contribution in [0.3, 0.4) is 0 Å². The van der Waals surface area contributed by atoms with Crippen LogP contribution in [0.1, 0.15) is 48.2 Å². The van der Waals surface area contributed by atoms with E-state index in [0.717, 1.165) is 16.8 Å². The summed E-state index contributed by atoms with van der Waals surface area (Å²) in [5, 5.41) is 2.93. The van der Waals surface area contributed by atoms with Gasteiger partial charge in [0.25, 0.3) is 5.91 Å². The van der Waals surface area contributed by atoms with Crippen LogP contribution in [0.25, 0.3) is 0 Å². The second-order valence-corrected chi connectivity index (χ2v) is 6.08. The van der Waals surface area contributed by atoms with Crippen molar-refractivity contribution in [2.45, 2.75) is 33.6 Å². The summed E-state index contributed by atoms with van der Waals surface area (Å²) in [6.45, 7) is 7.47. The van der Waals surface area contributed by atoms with Crippen molar-refractivity contribution in [3.8, 4) is 5.75 Å². The van der Waals surface area contributed by atoms with Crippen molar-refractivity contribution in [2.24, 2.45) is 0 Å². The van der Waals surface area contributed by atoms with Gasteiger partial charge in [-0.2, -0.15) is 0 Å². The molecular formula is C20H23NO3. The fourth-order valence-electron chi connectivity index (χ4n) is 2.54. The number of anilines is 1. The molecule has 4 nitrogen and oxygen atoms in total. The summed E-state index contributed by atoms with van der Waals surface area (Å²) < 4.78 is 5.54. The zero-order valence-corrected chi connectivity index (χ0v) is 14.6. The van der Waals surface area contributed by atoms with E-state index in [4.69, 9.17) is 4.74 Å². The third-order valence-electron chi connectivity index (χ3n) is 3.82. The molecule has 0 aliphatic rings. The van der Waals surface area contributed by atoms with Crippen molar-refractivity contribution >= 4 is 17.4 Å². The Labute approximate surface area is 142 Å². The molecule has 2 aromatic carbocycles. The molecule has 0 aliphatic carbocycles. The second-order valence-electron chi connectivity index (χ2n) is 6.08. The predicted molar refractivity (Wildman–Crippen MR) is 95.8 cm³/mol. The predicted octanol–water partition coefficient (Wildman–Crippen LogP) is 4.34. The number of amides is 1. The summed E-state index contributed by atoms with van der Waals surface area (Å²) in [6, 6.07) is 12.9. The number of aryl methyl sites for hydroxylation is 1. The zero-order chi connectivity index (χ0) is 17.7. The van der Waals surface area contributed by atoms with Crippen LogP contribution in [0, 0.1) is 6.92 Å². The number of hydrogen-bond donors (Lipinski definition) is 1. The third kappa shape index (κ3) is 4.22. The Kier molecular flexibility index (Phi) is 5.74. The van der Waals surface area contributed by atoms with Crippen LogP contribution in [-0.2, 0) is 4.79 Å². The molecule has 0 spiro atoms. The fourth-order valence-corrected chi connectivity index (χ4v) is 2.54. The van der Waals surface area contributed by atoms with E-state index in [0.29, 0.717) is 17.2 Å². The number of ketones is 1. The quantitative estimate of drug-likeness (QED) is 0.804. The standard InChI is InChI=1S/C20H23NO3/c1-13(2)16-10-7-8-14(3)20(16)21-19(23)12-24-18-11-6-5-9-17(18)15(4)22/h5-11,13H,12H2,1-4H3,(H,21,23). The molecule has 0 atom stereocenters. The van der Waals surface area contributed by atoms with Crippen LogP contribution < -0.4 is 10.1 Å². The molecule has 126 valence electrons. The smallest absolute Gasteiger partial charge is 0.262 e. The number of nitrogens with one attached hydrogen (secondary N) is 1. The first-order valence-corrected chi connectivity index (χ1v) is 8.02. The summed E-state index contributed by atoms with van der Waals surface area (Å²) in [5.41, 5.74) is 3.41. The normalized spacial score (nSPS) is 10.5. The Hall–Kier alpha value is -2.62. The van der Waals surface area contributed by atoms with E-state index in [1.54, 1.807) is 24.3 Å². The Morgan fingerprint density at radius 1 is 1.08 bits per heavy atom. The van der Waals surface area contributed by atoms with E-state index in [1.165, 1.54) is 6.92 Å². The average molecular weight is 325 g/mol. The number of benzene rings is 2. The SMILES string of the molecule is CC(=O)c1ccccc1OCC(=O)Nc1c(C)cccc1C(C)C. The van der Waals surface area contributed by atoms with E-state index in [9.17, 15) is 9.59 Å². The van der Waals surface area contributed by atoms with Crippen molar-refractivity contribution in [3.63, 3.8) is 0 Å². The molecule has 1 N–H and O–H groups in total. The summed E-state index contributed by atoms with van der Waals surface area (Å²) in [4.78, 5) is 23.9. The van der Waals surface area contributed by atoms with Gasteiger partial charge in [0.2, 0.25) is 0 Å². The Balaban J connectivity index is 2.09. The highest BCUT2D eigenvalue weighted by Gasteiger charge is 2.14. The van der Waals surface area contributed by atoms with Gasteiger partial charge in [0.05, 0.1) is 5.56 Å². The molecule has 0 aliphatic heterocycles. The van der Waals surface area contributed by atoms with Gasteiger partial charge in [0, 0.05) is 5.69 Å². The van der Waals surface area contributed by atoms with Crippen LogP contribution in [-0.4, -0.2) is 18.3 Å². The molecule has 2 rings (SSSR count). The number of carbonyl (C=O) groups excluding carboxylic acids is 2. The Bertz CT molecular complexity index is 750. The van der Waals surface area contributed by atoms with Gasteiger partial charge in [-0.25, -0.2) is 0 Å². The summed E-state index contributed by atoms with van der Waals surface area (Å²) in [7, 11) is 0. The largest absolute Gasteiger partial charge is 0.483 e. The van der Waals surface area contributed by atoms with Crippen LogP contribution in [0.2, 0.25) is 0 Å². The average Bonchev–Trinajstić information content (AvgIpc) is 2.54. The molecule has 0 heterocycles. The van der Waals surface area contributed by atoms with Gasteiger partial charge in [0.1, 0.15) is 5.75 Å². The fraction of sp³-hybridized carbons (Fsp3) is 0.300. The van der Waals surface area contributed by atoms with Gasteiger partial charge < -0.3 is 10.1 Å². The van der Waals surface area contributed by atoms with Gasteiger partial charge >= 0.3 is 0 Å². The number of ether oxygens (including phenoxy) is 1. The van der Waals surface area contributed by atoms with Crippen molar-refractivity contribution in [1.82, 2.24) is 0 Å². The lowest BCUT2D eigenvalue weighted by Crippen LogP contribution is -2.22. The molecule has 24 heavy (non-hydrogen) atoms. The highest BCUT2D eigenvalue weighted by Crippen LogP contribution is 2.27. The lowest BCUT2D eigenvalue weighted by molar-refractivity contribution is -0.118. The molecule has 1 amide bonds. The number of Topliss-reactive ketones (excluding diaryl/α,β-unsaturated/α-hetero) is 1. The van der Waals surface area contributed by atoms with Crippen LogP contribution in [0.15, 0.2) is 42.5 Å². The van der Waals surface area contributed by atoms with Crippen LogP contribution >= 0.6 is 0 Å². The monoisotopic (exact) mass is 325 g/mol. The number of para-hydroxylation sites is 2. The van der Waals surface area contributed by atoms with Gasteiger partial charge in [-0.3, -0.25) is 9.59 Å². The van der Waals surface area contributed by atoms with Crippen LogP contribution in [0.5, 0.6) is 5.75 Å². The lowest BCUT2D eigenvalue weighted by Gasteiger charge is -2.17. The summed E-state index contributed by atoms with van der Waals surface area (Å²) in [5.74, 6) is 0.394. The summed E-state index contributed by atoms with van der Waals surface area (Å²) >= 11 is 0. The topological polar surface area (TPSA) is 55.4 Å². The first-order chi connectivity index (χ1) is 11.4. The molecule has 4 heteroatoms.